The second-order valence-corrected chi connectivity index (χ2v) is 5.89. The fraction of sp³-hybridized carbons (Fsp3) is 0.611. The van der Waals surface area contributed by atoms with E-state index in [1.165, 1.54) is 5.56 Å². The second kappa shape index (κ2) is 8.43. The Morgan fingerprint density at radius 1 is 1.29 bits per heavy atom. The normalized spacial score (nSPS) is 12.3. The van der Waals surface area contributed by atoms with Crippen LogP contribution in [0.4, 0.5) is 0 Å². The maximum absolute atomic E-state index is 11.6. The monoisotopic (exact) mass is 310 g/mol. The van der Waals surface area contributed by atoms with Crippen molar-refractivity contribution < 1.29 is 9.53 Å². The second-order valence-electron chi connectivity index (χ2n) is 5.51. The number of ether oxygens (including phenoxy) is 1. The Morgan fingerprint density at radius 3 is 2.48 bits per heavy atom. The van der Waals surface area contributed by atoms with E-state index >= 15 is 0 Å². The lowest BCUT2D eigenvalue weighted by Gasteiger charge is -2.23. The van der Waals surface area contributed by atoms with Crippen molar-refractivity contribution >= 4 is 17.4 Å². The molecule has 0 spiro atoms. The lowest BCUT2D eigenvalue weighted by atomic mass is 9.86. The summed E-state index contributed by atoms with van der Waals surface area (Å²) in [6, 6.07) is 2.03. The smallest absolute Gasteiger partial charge is 0.132 e. The summed E-state index contributed by atoms with van der Waals surface area (Å²) in [4.78, 5) is 11.6. The summed E-state index contributed by atoms with van der Waals surface area (Å²) in [5.41, 5.74) is 3.32. The minimum Gasteiger partial charge on any atom is -0.494 e. The Balaban J connectivity index is 3.17. The average Bonchev–Trinajstić information content (AvgIpc) is 2.47. The van der Waals surface area contributed by atoms with Crippen molar-refractivity contribution in [2.45, 2.75) is 66.2 Å². The Hall–Kier alpha value is -1.02. The van der Waals surface area contributed by atoms with Gasteiger partial charge in [0.2, 0.25) is 0 Å². The van der Waals surface area contributed by atoms with Crippen LogP contribution in [0.25, 0.3) is 0 Å². The fourth-order valence-electron chi connectivity index (χ4n) is 2.78. The SMILES string of the molecule is CCOc1cc(C)c(Cl)c(C)c1C(CC)CCC(=O)CC. The van der Waals surface area contributed by atoms with Crippen molar-refractivity contribution in [2.24, 2.45) is 0 Å². The molecule has 0 bridgehead atoms. The van der Waals surface area contributed by atoms with Crippen LogP contribution in [-0.2, 0) is 4.79 Å². The van der Waals surface area contributed by atoms with Gasteiger partial charge in [-0.25, -0.2) is 0 Å². The Morgan fingerprint density at radius 2 is 1.95 bits per heavy atom. The van der Waals surface area contributed by atoms with Gasteiger partial charge in [-0.3, -0.25) is 4.79 Å². The first kappa shape index (κ1) is 18.0. The first-order chi connectivity index (χ1) is 9.96. The summed E-state index contributed by atoms with van der Waals surface area (Å²) >= 11 is 6.42. The molecular formula is C18H27ClO2. The van der Waals surface area contributed by atoms with Crippen molar-refractivity contribution in [1.29, 1.82) is 0 Å². The summed E-state index contributed by atoms with van der Waals surface area (Å²) in [7, 11) is 0. The molecule has 0 saturated heterocycles. The molecule has 1 unspecified atom stereocenters. The van der Waals surface area contributed by atoms with Gasteiger partial charge in [0, 0.05) is 23.4 Å². The highest BCUT2D eigenvalue weighted by atomic mass is 35.5. The quantitative estimate of drug-likeness (QED) is 0.624. The van der Waals surface area contributed by atoms with E-state index in [2.05, 4.69) is 13.8 Å². The lowest BCUT2D eigenvalue weighted by Crippen LogP contribution is -2.08. The molecule has 2 nitrogen and oxygen atoms in total. The number of ketones is 1. The first-order valence-electron chi connectivity index (χ1n) is 7.90. The van der Waals surface area contributed by atoms with E-state index in [0.717, 1.165) is 34.7 Å². The van der Waals surface area contributed by atoms with Crippen LogP contribution in [0.1, 0.15) is 69.1 Å². The van der Waals surface area contributed by atoms with Gasteiger partial charge in [-0.2, -0.15) is 0 Å². The summed E-state index contributed by atoms with van der Waals surface area (Å²) in [5.74, 6) is 1.56. The Bertz CT molecular complexity index is 494. The number of rotatable bonds is 8. The maximum atomic E-state index is 11.6. The van der Waals surface area contributed by atoms with Crippen LogP contribution in [0.5, 0.6) is 5.75 Å². The number of hydrogen-bond acceptors (Lipinski definition) is 2. The molecule has 0 N–H and O–H groups in total. The van der Waals surface area contributed by atoms with Crippen LogP contribution >= 0.6 is 11.6 Å². The number of aryl methyl sites for hydroxylation is 1. The molecule has 0 amide bonds. The molecule has 0 heterocycles. The minimum atomic E-state index is 0.320. The molecule has 1 aromatic rings. The first-order valence-corrected chi connectivity index (χ1v) is 8.27. The lowest BCUT2D eigenvalue weighted by molar-refractivity contribution is -0.118. The molecule has 0 saturated carbocycles. The van der Waals surface area contributed by atoms with E-state index in [4.69, 9.17) is 16.3 Å². The number of carbonyl (C=O) groups excluding carboxylic acids is 1. The third kappa shape index (κ3) is 4.47. The maximum Gasteiger partial charge on any atom is 0.132 e. The predicted octanol–water partition coefficient (Wildman–Crippen LogP) is 5.61. The average molecular weight is 311 g/mol. The molecule has 0 radical (unpaired) electrons. The number of hydrogen-bond donors (Lipinski definition) is 0. The summed E-state index contributed by atoms with van der Waals surface area (Å²) in [6.07, 6.45) is 3.09. The van der Waals surface area contributed by atoms with Crippen LogP contribution in [0.3, 0.4) is 0 Å². The highest BCUT2D eigenvalue weighted by molar-refractivity contribution is 6.32. The molecule has 0 aliphatic rings. The van der Waals surface area contributed by atoms with Crippen LogP contribution in [0.2, 0.25) is 5.02 Å². The topological polar surface area (TPSA) is 26.3 Å². The molecule has 0 fully saturated rings. The van der Waals surface area contributed by atoms with Gasteiger partial charge in [0.1, 0.15) is 11.5 Å². The van der Waals surface area contributed by atoms with Crippen LogP contribution in [0, 0.1) is 13.8 Å². The van der Waals surface area contributed by atoms with Crippen LogP contribution in [0.15, 0.2) is 6.07 Å². The number of carbonyl (C=O) groups is 1. The van der Waals surface area contributed by atoms with Gasteiger partial charge in [0.25, 0.3) is 0 Å². The molecule has 1 rings (SSSR count). The van der Waals surface area contributed by atoms with Gasteiger partial charge in [0.05, 0.1) is 6.61 Å². The van der Waals surface area contributed by atoms with E-state index in [1.807, 2.05) is 26.8 Å². The molecule has 1 atom stereocenters. The zero-order chi connectivity index (χ0) is 16.0. The third-order valence-corrected chi connectivity index (χ3v) is 4.64. The predicted molar refractivity (Wildman–Crippen MR) is 89.7 cm³/mol. The van der Waals surface area contributed by atoms with E-state index in [1.54, 1.807) is 0 Å². The van der Waals surface area contributed by atoms with Crippen LogP contribution in [-0.4, -0.2) is 12.4 Å². The van der Waals surface area contributed by atoms with Gasteiger partial charge in [-0.1, -0.05) is 25.4 Å². The highest BCUT2D eigenvalue weighted by Crippen LogP contribution is 2.39. The van der Waals surface area contributed by atoms with Crippen molar-refractivity contribution in [3.63, 3.8) is 0 Å². The molecule has 21 heavy (non-hydrogen) atoms. The highest BCUT2D eigenvalue weighted by Gasteiger charge is 2.21. The summed E-state index contributed by atoms with van der Waals surface area (Å²) in [5, 5.41) is 0.814. The van der Waals surface area contributed by atoms with Gasteiger partial charge < -0.3 is 4.74 Å². The zero-order valence-electron chi connectivity index (χ0n) is 13.9. The molecule has 118 valence electrons. The molecule has 0 aromatic heterocycles. The standard InChI is InChI=1S/C18H27ClO2/c1-6-14(9-10-15(20)7-2)17-13(5)18(19)12(4)11-16(17)21-8-3/h11,14H,6-10H2,1-5H3. The van der Waals surface area contributed by atoms with Crippen molar-refractivity contribution in [2.75, 3.05) is 6.61 Å². The third-order valence-electron chi connectivity index (χ3n) is 4.06. The van der Waals surface area contributed by atoms with Crippen LogP contribution < -0.4 is 4.74 Å². The molecule has 0 aliphatic heterocycles. The van der Waals surface area contributed by atoms with Gasteiger partial charge in [0.15, 0.2) is 0 Å². The minimum absolute atomic E-state index is 0.320. The zero-order valence-corrected chi connectivity index (χ0v) is 14.6. The van der Waals surface area contributed by atoms with Gasteiger partial charge in [-0.15, -0.1) is 0 Å². The largest absolute Gasteiger partial charge is 0.494 e. The fourth-order valence-corrected chi connectivity index (χ4v) is 2.94. The van der Waals surface area contributed by atoms with E-state index in [-0.39, 0.29) is 0 Å². The van der Waals surface area contributed by atoms with E-state index < -0.39 is 0 Å². The van der Waals surface area contributed by atoms with Gasteiger partial charge >= 0.3 is 0 Å². The van der Waals surface area contributed by atoms with Crippen molar-refractivity contribution in [3.8, 4) is 5.75 Å². The molecule has 0 aliphatic carbocycles. The number of halogens is 1. The molecule has 3 heteroatoms. The Labute approximate surface area is 133 Å². The molecule has 1 aromatic carbocycles. The van der Waals surface area contributed by atoms with E-state index in [0.29, 0.717) is 31.1 Å². The van der Waals surface area contributed by atoms with Crippen molar-refractivity contribution in [1.82, 2.24) is 0 Å². The summed E-state index contributed by atoms with van der Waals surface area (Å²) < 4.78 is 5.83. The van der Waals surface area contributed by atoms with E-state index in [9.17, 15) is 4.79 Å². The molecular weight excluding hydrogens is 284 g/mol. The van der Waals surface area contributed by atoms with Crippen molar-refractivity contribution in [3.05, 3.63) is 27.8 Å². The Kier molecular flexibility index (Phi) is 7.24. The van der Waals surface area contributed by atoms with Gasteiger partial charge in [-0.05, 0) is 56.7 Å². The number of benzene rings is 1. The number of Topliss-reactive ketones (excluding diaryl/α,β-unsaturated/α-hetero) is 1. The summed E-state index contributed by atoms with van der Waals surface area (Å²) in [6.45, 7) is 10.8.